The number of ether oxygens (including phenoxy) is 1. The van der Waals surface area contributed by atoms with Crippen LogP contribution in [0.25, 0.3) is 0 Å². The summed E-state index contributed by atoms with van der Waals surface area (Å²) in [5.41, 5.74) is 1.31. The molecule has 0 aliphatic carbocycles. The normalized spacial score (nSPS) is 14.8. The van der Waals surface area contributed by atoms with Gasteiger partial charge in [-0.15, -0.1) is 0 Å². The number of hydrogen-bond donors (Lipinski definition) is 1. The lowest BCUT2D eigenvalue weighted by atomic mass is 10.1. The second kappa shape index (κ2) is 7.03. The minimum atomic E-state index is -0.418. The quantitative estimate of drug-likeness (QED) is 0.658. The number of morpholine rings is 1. The summed E-state index contributed by atoms with van der Waals surface area (Å²) in [4.78, 5) is 24.3. The van der Waals surface area contributed by atoms with Gasteiger partial charge in [0.1, 0.15) is 5.69 Å². The van der Waals surface area contributed by atoms with Crippen molar-refractivity contribution in [1.29, 1.82) is 0 Å². The van der Waals surface area contributed by atoms with E-state index in [1.54, 1.807) is 24.0 Å². The minimum Gasteiger partial charge on any atom is -0.379 e. The van der Waals surface area contributed by atoms with E-state index in [2.05, 4.69) is 5.32 Å². The molecule has 1 aromatic rings. The molecule has 1 fully saturated rings. The summed E-state index contributed by atoms with van der Waals surface area (Å²) >= 11 is 0. The highest BCUT2D eigenvalue weighted by atomic mass is 16.6. The maximum Gasteiger partial charge on any atom is 0.292 e. The third-order valence-electron chi connectivity index (χ3n) is 3.45. The average molecular weight is 293 g/mol. The number of benzene rings is 1. The highest BCUT2D eigenvalue weighted by Gasteiger charge is 2.18. The lowest BCUT2D eigenvalue weighted by Crippen LogP contribution is -2.41. The van der Waals surface area contributed by atoms with Crippen LogP contribution >= 0.6 is 0 Å². The van der Waals surface area contributed by atoms with E-state index in [1.165, 1.54) is 6.07 Å². The van der Waals surface area contributed by atoms with E-state index in [0.29, 0.717) is 45.0 Å². The van der Waals surface area contributed by atoms with Gasteiger partial charge in [-0.1, -0.05) is 12.1 Å². The van der Waals surface area contributed by atoms with Crippen LogP contribution in [0.15, 0.2) is 18.2 Å². The molecule has 0 atom stereocenters. The third-order valence-corrected chi connectivity index (χ3v) is 3.45. The van der Waals surface area contributed by atoms with Gasteiger partial charge in [0.2, 0.25) is 5.91 Å². The molecule has 1 N–H and O–H groups in total. The van der Waals surface area contributed by atoms with Gasteiger partial charge in [-0.25, -0.2) is 0 Å². The lowest BCUT2D eigenvalue weighted by molar-refractivity contribution is -0.384. The lowest BCUT2D eigenvalue weighted by Gasteiger charge is -2.27. The average Bonchev–Trinajstić information content (AvgIpc) is 2.49. The number of nitro groups is 1. The standard InChI is InChI=1S/C14H19N3O4/c1-11-3-2-4-12(17(19)20)14(11)15-6-5-13(18)16-7-9-21-10-8-16/h2-4,15H,5-10H2,1H3. The molecule has 21 heavy (non-hydrogen) atoms. The van der Waals surface area contributed by atoms with Crippen LogP contribution in [0.2, 0.25) is 0 Å². The predicted octanol–water partition coefficient (Wildman–Crippen LogP) is 1.56. The van der Waals surface area contributed by atoms with Gasteiger partial charge in [0.05, 0.1) is 18.1 Å². The number of carbonyl (C=O) groups is 1. The maximum absolute atomic E-state index is 12.0. The van der Waals surface area contributed by atoms with Crippen molar-refractivity contribution in [1.82, 2.24) is 4.90 Å². The fourth-order valence-corrected chi connectivity index (χ4v) is 2.30. The largest absolute Gasteiger partial charge is 0.379 e. The number of hydrogen-bond acceptors (Lipinski definition) is 5. The Morgan fingerprint density at radius 1 is 1.43 bits per heavy atom. The zero-order valence-corrected chi connectivity index (χ0v) is 12.0. The van der Waals surface area contributed by atoms with Gasteiger partial charge in [0.25, 0.3) is 5.69 Å². The second-order valence-electron chi connectivity index (χ2n) is 4.90. The Morgan fingerprint density at radius 3 is 2.81 bits per heavy atom. The molecule has 1 aliphatic heterocycles. The first kappa shape index (κ1) is 15.2. The second-order valence-corrected chi connectivity index (χ2v) is 4.90. The third kappa shape index (κ3) is 3.91. The summed E-state index contributed by atoms with van der Waals surface area (Å²) < 4.78 is 5.20. The first-order valence-corrected chi connectivity index (χ1v) is 6.93. The minimum absolute atomic E-state index is 0.0359. The molecule has 0 spiro atoms. The first-order chi connectivity index (χ1) is 10.1. The predicted molar refractivity (Wildman–Crippen MR) is 78.3 cm³/mol. The van der Waals surface area contributed by atoms with E-state index in [4.69, 9.17) is 4.74 Å². The molecule has 1 heterocycles. The van der Waals surface area contributed by atoms with Crippen LogP contribution in [-0.2, 0) is 9.53 Å². The zero-order valence-electron chi connectivity index (χ0n) is 12.0. The monoisotopic (exact) mass is 293 g/mol. The first-order valence-electron chi connectivity index (χ1n) is 6.93. The number of nitrogens with zero attached hydrogens (tertiary/aromatic N) is 2. The van der Waals surface area contributed by atoms with Crippen molar-refractivity contribution in [3.63, 3.8) is 0 Å². The Bertz CT molecular complexity index is 527. The number of para-hydroxylation sites is 1. The molecule has 2 rings (SSSR count). The smallest absolute Gasteiger partial charge is 0.292 e. The van der Waals surface area contributed by atoms with Crippen molar-refractivity contribution in [2.45, 2.75) is 13.3 Å². The van der Waals surface area contributed by atoms with Crippen LogP contribution < -0.4 is 5.32 Å². The molecule has 0 unspecified atom stereocenters. The fraction of sp³-hybridized carbons (Fsp3) is 0.500. The highest BCUT2D eigenvalue weighted by Crippen LogP contribution is 2.27. The van der Waals surface area contributed by atoms with Crippen molar-refractivity contribution in [3.05, 3.63) is 33.9 Å². The van der Waals surface area contributed by atoms with E-state index in [9.17, 15) is 14.9 Å². The van der Waals surface area contributed by atoms with Crippen LogP contribution in [0.5, 0.6) is 0 Å². The highest BCUT2D eigenvalue weighted by molar-refractivity contribution is 5.77. The summed E-state index contributed by atoms with van der Waals surface area (Å²) in [7, 11) is 0. The number of anilines is 1. The molecule has 1 aromatic carbocycles. The van der Waals surface area contributed by atoms with Crippen molar-refractivity contribution >= 4 is 17.3 Å². The zero-order chi connectivity index (χ0) is 15.2. The van der Waals surface area contributed by atoms with Crippen molar-refractivity contribution < 1.29 is 14.5 Å². The molecule has 1 saturated heterocycles. The van der Waals surface area contributed by atoms with Crippen LogP contribution in [0.1, 0.15) is 12.0 Å². The number of rotatable bonds is 5. The Kier molecular flexibility index (Phi) is 5.10. The van der Waals surface area contributed by atoms with Gasteiger partial charge in [0, 0.05) is 32.1 Å². The van der Waals surface area contributed by atoms with Gasteiger partial charge in [-0.05, 0) is 12.5 Å². The summed E-state index contributed by atoms with van der Waals surface area (Å²) in [5, 5.41) is 14.0. The molecule has 7 nitrogen and oxygen atoms in total. The number of amides is 1. The van der Waals surface area contributed by atoms with Crippen molar-refractivity contribution in [2.24, 2.45) is 0 Å². The van der Waals surface area contributed by atoms with E-state index in [-0.39, 0.29) is 11.6 Å². The summed E-state index contributed by atoms with van der Waals surface area (Å²) in [6.07, 6.45) is 0.311. The SMILES string of the molecule is Cc1cccc([N+](=O)[O-])c1NCCC(=O)N1CCOCC1. The molecular formula is C14H19N3O4. The molecule has 7 heteroatoms. The van der Waals surface area contributed by atoms with E-state index in [1.807, 2.05) is 0 Å². The van der Waals surface area contributed by atoms with E-state index in [0.717, 1.165) is 5.56 Å². The van der Waals surface area contributed by atoms with Gasteiger partial charge < -0.3 is 15.0 Å². The van der Waals surface area contributed by atoms with E-state index < -0.39 is 4.92 Å². The van der Waals surface area contributed by atoms with Crippen molar-refractivity contribution in [2.75, 3.05) is 38.2 Å². The summed E-state index contributed by atoms with van der Waals surface area (Å²) in [5.74, 6) is 0.0436. The van der Waals surface area contributed by atoms with Crippen molar-refractivity contribution in [3.8, 4) is 0 Å². The number of aryl methyl sites for hydroxylation is 1. The van der Waals surface area contributed by atoms with Gasteiger partial charge >= 0.3 is 0 Å². The molecule has 0 radical (unpaired) electrons. The summed E-state index contributed by atoms with van der Waals surface area (Å²) in [6, 6.07) is 4.91. The molecule has 114 valence electrons. The molecule has 1 aliphatic rings. The van der Waals surface area contributed by atoms with Crippen LogP contribution in [0, 0.1) is 17.0 Å². The Balaban J connectivity index is 1.91. The molecule has 1 amide bonds. The molecular weight excluding hydrogens is 274 g/mol. The van der Waals surface area contributed by atoms with Crippen LogP contribution in [0.3, 0.4) is 0 Å². The molecule has 0 aromatic heterocycles. The fourth-order valence-electron chi connectivity index (χ4n) is 2.30. The summed E-state index contributed by atoms with van der Waals surface area (Å²) in [6.45, 7) is 4.55. The number of nitrogens with one attached hydrogen (secondary N) is 1. The Labute approximate surface area is 123 Å². The maximum atomic E-state index is 12.0. The van der Waals surface area contributed by atoms with Crippen LogP contribution in [-0.4, -0.2) is 48.6 Å². The Hall–Kier alpha value is -2.15. The molecule has 0 saturated carbocycles. The molecule has 0 bridgehead atoms. The van der Waals surface area contributed by atoms with Crippen LogP contribution in [0.4, 0.5) is 11.4 Å². The van der Waals surface area contributed by atoms with Gasteiger partial charge in [0.15, 0.2) is 0 Å². The van der Waals surface area contributed by atoms with Gasteiger partial charge in [-0.2, -0.15) is 0 Å². The number of carbonyl (C=O) groups excluding carboxylic acids is 1. The van der Waals surface area contributed by atoms with Gasteiger partial charge in [-0.3, -0.25) is 14.9 Å². The Morgan fingerprint density at radius 2 is 2.14 bits per heavy atom. The number of nitro benzene ring substituents is 1. The van der Waals surface area contributed by atoms with E-state index >= 15 is 0 Å². The topological polar surface area (TPSA) is 84.7 Å².